The van der Waals surface area contributed by atoms with Crippen molar-refractivity contribution < 1.29 is 19.1 Å². The van der Waals surface area contributed by atoms with E-state index in [1.807, 2.05) is 41.3 Å². The first-order valence-corrected chi connectivity index (χ1v) is 14.0. The lowest BCUT2D eigenvalue weighted by atomic mass is 9.91. The minimum atomic E-state index is -0.341. The summed E-state index contributed by atoms with van der Waals surface area (Å²) in [6.07, 6.45) is 3.64. The molecule has 2 amide bonds. The zero-order valence-corrected chi connectivity index (χ0v) is 23.0. The number of nitrogens with one attached hydrogen (secondary N) is 1. The highest BCUT2D eigenvalue weighted by atomic mass is 16.5. The summed E-state index contributed by atoms with van der Waals surface area (Å²) < 4.78 is 11.4. The van der Waals surface area contributed by atoms with Gasteiger partial charge in [-0.05, 0) is 78.3 Å². The lowest BCUT2D eigenvalue weighted by Gasteiger charge is -2.28. The summed E-state index contributed by atoms with van der Waals surface area (Å²) in [5, 5.41) is 3.43. The first-order chi connectivity index (χ1) is 19.5. The van der Waals surface area contributed by atoms with E-state index < -0.39 is 0 Å². The Balaban J connectivity index is 1.40. The van der Waals surface area contributed by atoms with Gasteiger partial charge in [0.25, 0.3) is 5.91 Å². The van der Waals surface area contributed by atoms with Crippen molar-refractivity contribution in [2.75, 3.05) is 26.8 Å². The molecule has 1 heterocycles. The number of carbonyl (C=O) groups excluding carboxylic acids is 2. The maximum absolute atomic E-state index is 14.2. The maximum Gasteiger partial charge on any atom is 0.251 e. The number of carbonyl (C=O) groups is 2. The van der Waals surface area contributed by atoms with Gasteiger partial charge in [0.05, 0.1) is 13.7 Å². The molecule has 3 N–H and O–H groups in total. The van der Waals surface area contributed by atoms with Gasteiger partial charge in [-0.25, -0.2) is 0 Å². The van der Waals surface area contributed by atoms with E-state index in [2.05, 4.69) is 41.7 Å². The molecule has 3 aromatic carbocycles. The monoisotopic (exact) mass is 539 g/mol. The van der Waals surface area contributed by atoms with Crippen molar-refractivity contribution in [1.29, 1.82) is 0 Å². The van der Waals surface area contributed by atoms with E-state index in [4.69, 9.17) is 15.2 Å². The highest BCUT2D eigenvalue weighted by Crippen LogP contribution is 2.35. The smallest absolute Gasteiger partial charge is 0.251 e. The Bertz CT molecular complexity index is 1380. The summed E-state index contributed by atoms with van der Waals surface area (Å²) in [4.78, 5) is 27.2. The number of primary amides is 1. The Kier molecular flexibility index (Phi) is 8.81. The molecule has 5 rings (SSSR count). The van der Waals surface area contributed by atoms with Gasteiger partial charge in [0, 0.05) is 37.2 Å². The molecular formula is C33H37N3O4. The molecule has 0 radical (unpaired) electrons. The molecular weight excluding hydrogens is 502 g/mol. The first kappa shape index (κ1) is 27.5. The van der Waals surface area contributed by atoms with Gasteiger partial charge in [0.15, 0.2) is 0 Å². The van der Waals surface area contributed by atoms with E-state index in [0.29, 0.717) is 37.6 Å². The average Bonchev–Trinajstić information content (AvgIpc) is 3.84. The van der Waals surface area contributed by atoms with Crippen LogP contribution in [0.3, 0.4) is 0 Å². The fourth-order valence-corrected chi connectivity index (χ4v) is 5.21. The number of methoxy groups -OCH3 is 1. The summed E-state index contributed by atoms with van der Waals surface area (Å²) in [5.41, 5.74) is 11.6. The zero-order valence-electron chi connectivity index (χ0n) is 23.0. The predicted molar refractivity (Wildman–Crippen MR) is 157 cm³/mol. The Morgan fingerprint density at radius 3 is 2.45 bits per heavy atom. The molecule has 7 nitrogen and oxygen atoms in total. The van der Waals surface area contributed by atoms with E-state index in [0.717, 1.165) is 59.2 Å². The molecule has 1 saturated carbocycles. The van der Waals surface area contributed by atoms with Gasteiger partial charge >= 0.3 is 0 Å². The second kappa shape index (κ2) is 12.8. The molecule has 1 aliphatic heterocycles. The van der Waals surface area contributed by atoms with Gasteiger partial charge in [-0.1, -0.05) is 48.5 Å². The summed E-state index contributed by atoms with van der Waals surface area (Å²) in [7, 11) is 1.62. The van der Waals surface area contributed by atoms with Crippen LogP contribution in [0.5, 0.6) is 11.5 Å². The second-order valence-corrected chi connectivity index (χ2v) is 10.4. The van der Waals surface area contributed by atoms with E-state index in [9.17, 15) is 9.59 Å². The van der Waals surface area contributed by atoms with E-state index in [1.54, 1.807) is 7.11 Å². The van der Waals surface area contributed by atoms with Crippen LogP contribution in [-0.4, -0.2) is 49.6 Å². The van der Waals surface area contributed by atoms with E-state index in [1.165, 1.54) is 0 Å². The van der Waals surface area contributed by atoms with Crippen LogP contribution in [0.15, 0.2) is 78.4 Å². The standard InChI is InChI=1S/C33H37N3O4/c1-39-28-17-23(18-29(20-28)40-16-6-11-32(34)37)22-36(27-12-13-27)33(38)31-21-35-15-14-30(31)26-10-5-9-25(19-26)24-7-3-2-4-8-24/h2-5,7-10,17-20,27,35H,6,11-16,21-22H2,1H3,(H2,34,37). The largest absolute Gasteiger partial charge is 0.497 e. The Labute approximate surface area is 236 Å². The minimum absolute atomic E-state index is 0.0848. The normalized spacial score (nSPS) is 15.0. The van der Waals surface area contributed by atoms with Gasteiger partial charge in [-0.15, -0.1) is 0 Å². The van der Waals surface area contributed by atoms with E-state index in [-0.39, 0.29) is 24.3 Å². The van der Waals surface area contributed by atoms with Crippen LogP contribution in [0, 0.1) is 0 Å². The van der Waals surface area contributed by atoms with Gasteiger partial charge in [-0.3, -0.25) is 9.59 Å². The third-order valence-electron chi connectivity index (χ3n) is 7.41. The quantitative estimate of drug-likeness (QED) is 0.318. The Morgan fingerprint density at radius 1 is 0.950 bits per heavy atom. The van der Waals surface area contributed by atoms with Gasteiger partial charge in [0.1, 0.15) is 11.5 Å². The number of hydrogen-bond acceptors (Lipinski definition) is 5. The van der Waals surface area contributed by atoms with Crippen LogP contribution in [-0.2, 0) is 16.1 Å². The predicted octanol–water partition coefficient (Wildman–Crippen LogP) is 4.94. The number of hydrogen-bond donors (Lipinski definition) is 2. The molecule has 7 heteroatoms. The molecule has 1 fully saturated rings. The Morgan fingerprint density at radius 2 is 1.70 bits per heavy atom. The molecule has 0 saturated heterocycles. The summed E-state index contributed by atoms with van der Waals surface area (Å²) in [6.45, 7) is 2.25. The fourth-order valence-electron chi connectivity index (χ4n) is 5.21. The van der Waals surface area contributed by atoms with Crippen LogP contribution in [0.2, 0.25) is 0 Å². The third-order valence-corrected chi connectivity index (χ3v) is 7.41. The van der Waals surface area contributed by atoms with Crippen LogP contribution >= 0.6 is 0 Å². The fraction of sp³-hybridized carbons (Fsp3) is 0.333. The van der Waals surface area contributed by atoms with Crippen molar-refractivity contribution in [1.82, 2.24) is 10.2 Å². The molecule has 2 aliphatic rings. The first-order valence-electron chi connectivity index (χ1n) is 14.0. The second-order valence-electron chi connectivity index (χ2n) is 10.4. The summed E-state index contributed by atoms with van der Waals surface area (Å²) >= 11 is 0. The third kappa shape index (κ3) is 6.90. The van der Waals surface area contributed by atoms with Crippen LogP contribution < -0.4 is 20.5 Å². The molecule has 0 bridgehead atoms. The van der Waals surface area contributed by atoms with Crippen molar-refractivity contribution in [3.8, 4) is 22.6 Å². The molecule has 3 aromatic rings. The number of nitrogens with zero attached hydrogens (tertiary/aromatic N) is 1. The molecule has 40 heavy (non-hydrogen) atoms. The summed E-state index contributed by atoms with van der Waals surface area (Å²) in [5.74, 6) is 1.06. The average molecular weight is 540 g/mol. The number of benzene rings is 3. The molecule has 0 spiro atoms. The zero-order chi connectivity index (χ0) is 27.9. The van der Waals surface area contributed by atoms with Crippen LogP contribution in [0.1, 0.15) is 43.2 Å². The van der Waals surface area contributed by atoms with Crippen LogP contribution in [0.4, 0.5) is 0 Å². The number of amides is 2. The lowest BCUT2D eigenvalue weighted by Crippen LogP contribution is -2.39. The van der Waals surface area contributed by atoms with Gasteiger partial charge in [0.2, 0.25) is 5.91 Å². The lowest BCUT2D eigenvalue weighted by molar-refractivity contribution is -0.128. The molecule has 0 aromatic heterocycles. The topological polar surface area (TPSA) is 93.9 Å². The highest BCUT2D eigenvalue weighted by molar-refractivity contribution is 6.02. The number of nitrogens with two attached hydrogens (primary N) is 1. The van der Waals surface area contributed by atoms with Crippen molar-refractivity contribution in [3.05, 3.63) is 89.5 Å². The Hall–Kier alpha value is -4.10. The van der Waals surface area contributed by atoms with Crippen molar-refractivity contribution in [2.45, 2.75) is 44.7 Å². The van der Waals surface area contributed by atoms with Crippen LogP contribution in [0.25, 0.3) is 16.7 Å². The number of rotatable bonds is 12. The van der Waals surface area contributed by atoms with Gasteiger partial charge in [-0.2, -0.15) is 0 Å². The maximum atomic E-state index is 14.2. The highest BCUT2D eigenvalue weighted by Gasteiger charge is 2.35. The number of ether oxygens (including phenoxy) is 2. The molecule has 1 aliphatic carbocycles. The molecule has 0 atom stereocenters. The molecule has 208 valence electrons. The van der Waals surface area contributed by atoms with Crippen molar-refractivity contribution in [2.24, 2.45) is 5.73 Å². The van der Waals surface area contributed by atoms with Crippen molar-refractivity contribution >= 4 is 17.4 Å². The van der Waals surface area contributed by atoms with Gasteiger partial charge < -0.3 is 25.4 Å². The van der Waals surface area contributed by atoms with Crippen molar-refractivity contribution in [3.63, 3.8) is 0 Å². The summed E-state index contributed by atoms with van der Waals surface area (Å²) in [6, 6.07) is 24.8. The minimum Gasteiger partial charge on any atom is -0.497 e. The molecule has 0 unspecified atom stereocenters. The SMILES string of the molecule is COc1cc(CN(C(=O)C2=C(c3cccc(-c4ccccc4)c3)CCNC2)C2CC2)cc(OCCCC(N)=O)c1. The van der Waals surface area contributed by atoms with E-state index >= 15 is 0 Å².